The molecule has 3 nitrogen and oxygen atoms in total. The molecule has 3 heteroatoms. The minimum atomic E-state index is -0.340. The highest BCUT2D eigenvalue weighted by molar-refractivity contribution is 5.76. The Morgan fingerprint density at radius 1 is 1.33 bits per heavy atom. The van der Waals surface area contributed by atoms with Crippen LogP contribution >= 0.6 is 0 Å². The molecule has 1 aromatic rings. The molecule has 1 aromatic carbocycles. The SMILES string of the molecule is Cc1ccc2c(c1)OC(=O)CO2. The van der Waals surface area contributed by atoms with Crippen molar-refractivity contribution < 1.29 is 14.3 Å². The second-order valence-corrected chi connectivity index (χ2v) is 2.71. The molecule has 2 rings (SSSR count). The first-order valence-corrected chi connectivity index (χ1v) is 3.70. The van der Waals surface area contributed by atoms with Gasteiger partial charge in [0.05, 0.1) is 0 Å². The van der Waals surface area contributed by atoms with Gasteiger partial charge in [0.1, 0.15) is 0 Å². The van der Waals surface area contributed by atoms with Crippen LogP contribution in [0.5, 0.6) is 11.5 Å². The third kappa shape index (κ3) is 1.13. The number of hydrogen-bond acceptors (Lipinski definition) is 3. The lowest BCUT2D eigenvalue weighted by Crippen LogP contribution is -2.22. The van der Waals surface area contributed by atoms with Crippen LogP contribution in [0.1, 0.15) is 5.56 Å². The van der Waals surface area contributed by atoms with Crippen molar-refractivity contribution in [3.63, 3.8) is 0 Å². The van der Waals surface area contributed by atoms with Crippen molar-refractivity contribution in [2.75, 3.05) is 6.61 Å². The molecule has 1 aliphatic rings. The maximum Gasteiger partial charge on any atom is 0.349 e. The lowest BCUT2D eigenvalue weighted by atomic mass is 10.2. The highest BCUT2D eigenvalue weighted by Crippen LogP contribution is 2.30. The number of ether oxygens (including phenoxy) is 2. The van der Waals surface area contributed by atoms with Crippen LogP contribution in [0, 0.1) is 6.92 Å². The predicted molar refractivity (Wildman–Crippen MR) is 42.3 cm³/mol. The van der Waals surface area contributed by atoms with Gasteiger partial charge in [0, 0.05) is 0 Å². The summed E-state index contributed by atoms with van der Waals surface area (Å²) in [4.78, 5) is 10.8. The number of rotatable bonds is 0. The van der Waals surface area contributed by atoms with Gasteiger partial charge in [-0.1, -0.05) is 6.07 Å². The normalized spacial score (nSPS) is 14.6. The summed E-state index contributed by atoms with van der Waals surface area (Å²) < 4.78 is 10.1. The predicted octanol–water partition coefficient (Wildman–Crippen LogP) is 1.29. The molecule has 0 saturated carbocycles. The van der Waals surface area contributed by atoms with Gasteiger partial charge in [-0.2, -0.15) is 0 Å². The Morgan fingerprint density at radius 3 is 3.00 bits per heavy atom. The topological polar surface area (TPSA) is 35.5 Å². The minimum absolute atomic E-state index is 0.00998. The number of carbonyl (C=O) groups excluding carboxylic acids is 1. The first-order valence-electron chi connectivity index (χ1n) is 3.70. The van der Waals surface area contributed by atoms with E-state index >= 15 is 0 Å². The van der Waals surface area contributed by atoms with Crippen molar-refractivity contribution in [3.8, 4) is 11.5 Å². The maximum atomic E-state index is 10.8. The van der Waals surface area contributed by atoms with Gasteiger partial charge in [-0.25, -0.2) is 4.79 Å². The van der Waals surface area contributed by atoms with E-state index in [1.807, 2.05) is 13.0 Å². The summed E-state index contributed by atoms with van der Waals surface area (Å²) in [6.45, 7) is 1.94. The van der Waals surface area contributed by atoms with Crippen molar-refractivity contribution in [1.82, 2.24) is 0 Å². The van der Waals surface area contributed by atoms with Gasteiger partial charge in [0.2, 0.25) is 0 Å². The van der Waals surface area contributed by atoms with E-state index in [2.05, 4.69) is 0 Å². The maximum absolute atomic E-state index is 10.8. The van der Waals surface area contributed by atoms with Crippen LogP contribution in [0.4, 0.5) is 0 Å². The third-order valence-electron chi connectivity index (χ3n) is 1.67. The Kier molecular flexibility index (Phi) is 1.50. The fraction of sp³-hybridized carbons (Fsp3) is 0.222. The average Bonchev–Trinajstić information content (AvgIpc) is 2.03. The van der Waals surface area contributed by atoms with E-state index in [1.165, 1.54) is 0 Å². The van der Waals surface area contributed by atoms with Crippen LogP contribution in [0.25, 0.3) is 0 Å². The Labute approximate surface area is 69.9 Å². The van der Waals surface area contributed by atoms with E-state index in [-0.39, 0.29) is 12.6 Å². The van der Waals surface area contributed by atoms with Crippen molar-refractivity contribution in [2.24, 2.45) is 0 Å². The quantitative estimate of drug-likeness (QED) is 0.428. The number of hydrogen-bond donors (Lipinski definition) is 0. The van der Waals surface area contributed by atoms with Crippen LogP contribution in [0.15, 0.2) is 18.2 Å². The number of benzene rings is 1. The monoisotopic (exact) mass is 164 g/mol. The largest absolute Gasteiger partial charge is 0.478 e. The highest BCUT2D eigenvalue weighted by atomic mass is 16.6. The average molecular weight is 164 g/mol. The van der Waals surface area contributed by atoms with E-state index < -0.39 is 0 Å². The summed E-state index contributed by atoms with van der Waals surface area (Å²) in [5.74, 6) is 0.819. The third-order valence-corrected chi connectivity index (χ3v) is 1.67. The Morgan fingerprint density at radius 2 is 2.17 bits per heavy atom. The standard InChI is InChI=1S/C9H8O3/c1-6-2-3-7-8(4-6)12-9(10)5-11-7/h2-4H,5H2,1H3. The van der Waals surface area contributed by atoms with Gasteiger partial charge in [-0.05, 0) is 24.6 Å². The summed E-state index contributed by atoms with van der Waals surface area (Å²) in [6.07, 6.45) is 0. The van der Waals surface area contributed by atoms with Crippen LogP contribution in [0.2, 0.25) is 0 Å². The number of esters is 1. The molecule has 0 radical (unpaired) electrons. The number of carbonyl (C=O) groups is 1. The first kappa shape index (κ1) is 7.16. The van der Waals surface area contributed by atoms with Gasteiger partial charge in [0.25, 0.3) is 0 Å². The van der Waals surface area contributed by atoms with E-state index in [0.717, 1.165) is 5.56 Å². The van der Waals surface area contributed by atoms with Crippen LogP contribution < -0.4 is 9.47 Å². The summed E-state index contributed by atoms with van der Waals surface area (Å²) in [5, 5.41) is 0. The second-order valence-electron chi connectivity index (χ2n) is 2.71. The smallest absolute Gasteiger partial charge is 0.349 e. The van der Waals surface area contributed by atoms with Gasteiger partial charge in [-0.15, -0.1) is 0 Å². The van der Waals surface area contributed by atoms with Gasteiger partial charge in [-0.3, -0.25) is 0 Å². The van der Waals surface area contributed by atoms with Crippen molar-refractivity contribution in [1.29, 1.82) is 0 Å². The van der Waals surface area contributed by atoms with Crippen LogP contribution in [-0.4, -0.2) is 12.6 Å². The summed E-state index contributed by atoms with van der Waals surface area (Å²) in [5.41, 5.74) is 1.05. The molecular weight excluding hydrogens is 156 g/mol. The summed E-state index contributed by atoms with van der Waals surface area (Å²) >= 11 is 0. The fourth-order valence-electron chi connectivity index (χ4n) is 1.10. The van der Waals surface area contributed by atoms with Gasteiger partial charge in [0.15, 0.2) is 18.1 Å². The number of aryl methyl sites for hydroxylation is 1. The molecule has 0 fully saturated rings. The van der Waals surface area contributed by atoms with Gasteiger partial charge < -0.3 is 9.47 Å². The fourth-order valence-corrected chi connectivity index (χ4v) is 1.10. The summed E-state index contributed by atoms with van der Waals surface area (Å²) in [6, 6.07) is 5.50. The molecular formula is C9H8O3. The van der Waals surface area contributed by atoms with Crippen molar-refractivity contribution in [3.05, 3.63) is 23.8 Å². The Bertz CT molecular complexity index is 331. The van der Waals surface area contributed by atoms with Crippen LogP contribution in [0.3, 0.4) is 0 Å². The molecule has 1 aliphatic heterocycles. The molecule has 62 valence electrons. The second kappa shape index (κ2) is 2.52. The molecule has 0 N–H and O–H groups in total. The van der Waals surface area contributed by atoms with Crippen molar-refractivity contribution in [2.45, 2.75) is 6.92 Å². The molecule has 0 atom stereocenters. The Hall–Kier alpha value is -1.51. The molecule has 0 amide bonds. The van der Waals surface area contributed by atoms with E-state index in [1.54, 1.807) is 12.1 Å². The van der Waals surface area contributed by atoms with Gasteiger partial charge >= 0.3 is 5.97 Å². The Balaban J connectivity index is 2.44. The molecule has 0 saturated heterocycles. The zero-order valence-corrected chi connectivity index (χ0v) is 6.66. The molecule has 0 unspecified atom stereocenters. The zero-order chi connectivity index (χ0) is 8.55. The lowest BCUT2D eigenvalue weighted by Gasteiger charge is -2.16. The lowest BCUT2D eigenvalue weighted by molar-refractivity contribution is -0.138. The molecule has 1 heterocycles. The van der Waals surface area contributed by atoms with E-state index in [4.69, 9.17) is 9.47 Å². The van der Waals surface area contributed by atoms with Crippen LogP contribution in [-0.2, 0) is 4.79 Å². The van der Waals surface area contributed by atoms with E-state index in [9.17, 15) is 4.79 Å². The van der Waals surface area contributed by atoms with E-state index in [0.29, 0.717) is 11.5 Å². The molecule has 0 bridgehead atoms. The zero-order valence-electron chi connectivity index (χ0n) is 6.66. The molecule has 12 heavy (non-hydrogen) atoms. The number of fused-ring (bicyclic) bond motifs is 1. The molecule has 0 spiro atoms. The van der Waals surface area contributed by atoms with Crippen molar-refractivity contribution >= 4 is 5.97 Å². The minimum Gasteiger partial charge on any atom is -0.478 e. The first-order chi connectivity index (χ1) is 5.75. The summed E-state index contributed by atoms with van der Waals surface area (Å²) in [7, 11) is 0. The highest BCUT2D eigenvalue weighted by Gasteiger charge is 2.17. The molecule has 0 aliphatic carbocycles. The molecule has 0 aromatic heterocycles.